The molecule has 0 unspecified atom stereocenters. The van der Waals surface area contributed by atoms with E-state index in [0.29, 0.717) is 26.2 Å². The van der Waals surface area contributed by atoms with Crippen molar-refractivity contribution in [2.24, 2.45) is 0 Å². The molecule has 0 radical (unpaired) electrons. The Morgan fingerprint density at radius 1 is 0.733 bits per heavy atom. The Morgan fingerprint density at radius 2 is 1.30 bits per heavy atom. The second-order valence-corrected chi connectivity index (χ2v) is 11.5. The highest BCUT2D eigenvalue weighted by molar-refractivity contribution is 7.89. The number of hydrogen-bond donors (Lipinski definition) is 1. The summed E-state index contributed by atoms with van der Waals surface area (Å²) in [6, 6.07) is 15.4. The van der Waals surface area contributed by atoms with Crippen molar-refractivity contribution in [3.05, 3.63) is 54.6 Å². The van der Waals surface area contributed by atoms with Crippen LogP contribution in [0.2, 0.25) is 0 Å². The van der Waals surface area contributed by atoms with E-state index in [9.17, 15) is 16.8 Å². The second kappa shape index (κ2) is 8.66. The number of anilines is 1. The van der Waals surface area contributed by atoms with Crippen LogP contribution >= 0.6 is 0 Å². The van der Waals surface area contributed by atoms with E-state index in [1.807, 2.05) is 30.3 Å². The summed E-state index contributed by atoms with van der Waals surface area (Å²) in [6.45, 7) is 2.00. The van der Waals surface area contributed by atoms with E-state index in [-0.39, 0.29) is 15.8 Å². The van der Waals surface area contributed by atoms with Crippen LogP contribution in [0.25, 0.3) is 0 Å². The van der Waals surface area contributed by atoms with Crippen molar-refractivity contribution in [1.82, 2.24) is 9.03 Å². The molecule has 2 aliphatic rings. The van der Waals surface area contributed by atoms with Crippen molar-refractivity contribution in [1.29, 1.82) is 0 Å². The zero-order valence-corrected chi connectivity index (χ0v) is 18.4. The van der Waals surface area contributed by atoms with Crippen molar-refractivity contribution >= 4 is 25.7 Å². The van der Waals surface area contributed by atoms with Crippen LogP contribution in [0.1, 0.15) is 25.7 Å². The van der Waals surface area contributed by atoms with Crippen molar-refractivity contribution in [3.8, 4) is 0 Å². The molecule has 1 saturated carbocycles. The number of nitrogens with zero attached hydrogens (tertiary/aromatic N) is 2. The standard InChI is InChI=1S/C21H27N3O4S2/c25-29(26,22-18-6-4-5-7-18)20-10-12-21(13-11-20)30(27,28)24-16-14-23(15-17-24)19-8-2-1-3-9-19/h1-3,8-13,18,22H,4-7,14-17H2. The minimum absolute atomic E-state index is 0.0284. The molecule has 1 saturated heterocycles. The molecule has 9 heteroatoms. The lowest BCUT2D eigenvalue weighted by atomic mass is 10.2. The minimum Gasteiger partial charge on any atom is -0.369 e. The average Bonchev–Trinajstić information content (AvgIpc) is 3.27. The van der Waals surface area contributed by atoms with Crippen LogP contribution in [0.4, 0.5) is 5.69 Å². The minimum atomic E-state index is -3.66. The molecule has 0 bridgehead atoms. The van der Waals surface area contributed by atoms with Gasteiger partial charge in [-0.05, 0) is 49.2 Å². The first kappa shape index (κ1) is 21.3. The molecule has 1 N–H and O–H groups in total. The van der Waals surface area contributed by atoms with Gasteiger partial charge in [-0.25, -0.2) is 21.6 Å². The lowest BCUT2D eigenvalue weighted by Crippen LogP contribution is -2.48. The molecule has 30 heavy (non-hydrogen) atoms. The van der Waals surface area contributed by atoms with Gasteiger partial charge in [-0.2, -0.15) is 4.31 Å². The molecule has 1 aliphatic carbocycles. The fourth-order valence-corrected chi connectivity index (χ4v) is 6.82. The molecule has 2 aromatic rings. The lowest BCUT2D eigenvalue weighted by Gasteiger charge is -2.35. The first-order chi connectivity index (χ1) is 14.4. The highest BCUT2D eigenvalue weighted by atomic mass is 32.2. The largest absolute Gasteiger partial charge is 0.369 e. The van der Waals surface area contributed by atoms with E-state index in [2.05, 4.69) is 9.62 Å². The Kier molecular flexibility index (Phi) is 6.15. The van der Waals surface area contributed by atoms with Gasteiger partial charge in [-0.3, -0.25) is 0 Å². The predicted octanol–water partition coefficient (Wildman–Crippen LogP) is 2.42. The van der Waals surface area contributed by atoms with E-state index in [1.54, 1.807) is 0 Å². The molecule has 1 heterocycles. The van der Waals surface area contributed by atoms with E-state index in [4.69, 9.17) is 0 Å². The summed E-state index contributed by atoms with van der Waals surface area (Å²) in [7, 11) is -7.29. The number of nitrogens with one attached hydrogen (secondary N) is 1. The van der Waals surface area contributed by atoms with Crippen LogP contribution in [0, 0.1) is 0 Å². The van der Waals surface area contributed by atoms with Gasteiger partial charge in [0.1, 0.15) is 0 Å². The quantitative estimate of drug-likeness (QED) is 0.732. The molecule has 1 aliphatic heterocycles. The molecule has 0 atom stereocenters. The maximum Gasteiger partial charge on any atom is 0.243 e. The van der Waals surface area contributed by atoms with Crippen molar-refractivity contribution < 1.29 is 16.8 Å². The molecule has 0 amide bonds. The Bertz CT molecular complexity index is 1060. The topological polar surface area (TPSA) is 86.8 Å². The van der Waals surface area contributed by atoms with E-state index < -0.39 is 20.0 Å². The summed E-state index contributed by atoms with van der Waals surface area (Å²) in [5, 5.41) is 0. The molecule has 4 rings (SSSR count). The summed E-state index contributed by atoms with van der Waals surface area (Å²) in [5.41, 5.74) is 1.08. The summed E-state index contributed by atoms with van der Waals surface area (Å²) in [4.78, 5) is 2.38. The number of piperazine rings is 1. The summed E-state index contributed by atoms with van der Waals surface area (Å²) >= 11 is 0. The second-order valence-electron chi connectivity index (χ2n) is 7.80. The van der Waals surface area contributed by atoms with Gasteiger partial charge in [0.15, 0.2) is 0 Å². The zero-order valence-electron chi connectivity index (χ0n) is 16.8. The van der Waals surface area contributed by atoms with Gasteiger partial charge in [-0.15, -0.1) is 0 Å². The van der Waals surface area contributed by atoms with Crippen LogP contribution in [0.5, 0.6) is 0 Å². The van der Waals surface area contributed by atoms with Crippen LogP contribution < -0.4 is 9.62 Å². The van der Waals surface area contributed by atoms with Crippen LogP contribution in [-0.2, 0) is 20.0 Å². The van der Waals surface area contributed by atoms with Crippen molar-refractivity contribution in [3.63, 3.8) is 0 Å². The highest BCUT2D eigenvalue weighted by Gasteiger charge is 2.29. The van der Waals surface area contributed by atoms with Crippen LogP contribution in [-0.4, -0.2) is 53.4 Å². The maximum atomic E-state index is 13.0. The third-order valence-electron chi connectivity index (χ3n) is 5.81. The maximum absolute atomic E-state index is 13.0. The average molecular weight is 450 g/mol. The SMILES string of the molecule is O=S(=O)(NC1CCCC1)c1ccc(S(=O)(=O)N2CCN(c3ccccc3)CC2)cc1. The number of hydrogen-bond acceptors (Lipinski definition) is 5. The molecule has 7 nitrogen and oxygen atoms in total. The zero-order chi connectivity index (χ0) is 21.2. The third-order valence-corrected chi connectivity index (χ3v) is 9.26. The van der Waals surface area contributed by atoms with Crippen molar-refractivity contribution in [2.75, 3.05) is 31.1 Å². The van der Waals surface area contributed by atoms with E-state index in [1.165, 1.54) is 28.6 Å². The van der Waals surface area contributed by atoms with Crippen molar-refractivity contribution in [2.45, 2.75) is 41.5 Å². The van der Waals surface area contributed by atoms with Gasteiger partial charge in [0.05, 0.1) is 9.79 Å². The van der Waals surface area contributed by atoms with Gasteiger partial charge in [-0.1, -0.05) is 31.0 Å². The number of rotatable bonds is 6. The fourth-order valence-electron chi connectivity index (χ4n) is 4.10. The smallest absolute Gasteiger partial charge is 0.243 e. The molecule has 2 fully saturated rings. The van der Waals surface area contributed by atoms with Gasteiger partial charge < -0.3 is 4.90 Å². The fraction of sp³-hybridized carbons (Fsp3) is 0.429. The van der Waals surface area contributed by atoms with E-state index >= 15 is 0 Å². The first-order valence-corrected chi connectivity index (χ1v) is 13.2. The Labute approximate surface area is 178 Å². The Morgan fingerprint density at radius 3 is 1.90 bits per heavy atom. The number of benzene rings is 2. The monoisotopic (exact) mass is 449 g/mol. The number of sulfonamides is 2. The molecular weight excluding hydrogens is 422 g/mol. The Hall–Kier alpha value is -1.94. The Balaban J connectivity index is 1.43. The molecule has 0 spiro atoms. The predicted molar refractivity (Wildman–Crippen MR) is 116 cm³/mol. The van der Waals surface area contributed by atoms with Gasteiger partial charge >= 0.3 is 0 Å². The molecule has 162 valence electrons. The summed E-state index contributed by atoms with van der Waals surface area (Å²) in [5.74, 6) is 0. The third kappa shape index (κ3) is 4.54. The number of para-hydroxylation sites is 1. The lowest BCUT2D eigenvalue weighted by molar-refractivity contribution is 0.385. The first-order valence-electron chi connectivity index (χ1n) is 10.3. The highest BCUT2D eigenvalue weighted by Crippen LogP contribution is 2.24. The molecule has 0 aromatic heterocycles. The van der Waals surface area contributed by atoms with E-state index in [0.717, 1.165) is 31.4 Å². The summed E-state index contributed by atoms with van der Waals surface area (Å²) < 4.78 is 55.3. The molecular formula is C21H27N3O4S2. The van der Waals surface area contributed by atoms with Gasteiger partial charge in [0.2, 0.25) is 20.0 Å². The van der Waals surface area contributed by atoms with Crippen LogP contribution in [0.3, 0.4) is 0 Å². The van der Waals surface area contributed by atoms with Crippen LogP contribution in [0.15, 0.2) is 64.4 Å². The van der Waals surface area contributed by atoms with Gasteiger partial charge in [0, 0.05) is 37.9 Å². The molecule has 2 aromatic carbocycles. The summed E-state index contributed by atoms with van der Waals surface area (Å²) in [6.07, 6.45) is 3.76. The van der Waals surface area contributed by atoms with Gasteiger partial charge in [0.25, 0.3) is 0 Å². The normalized spacial score (nSPS) is 19.3.